The van der Waals surface area contributed by atoms with Crippen LogP contribution in [0.2, 0.25) is 0 Å². The lowest BCUT2D eigenvalue weighted by atomic mass is 9.97. The lowest BCUT2D eigenvalue weighted by molar-refractivity contribution is -0.149. The van der Waals surface area contributed by atoms with E-state index in [0.29, 0.717) is 38.4 Å². The standard InChI is InChI=1S/C20H25N5O4/c1-2-28-20(27)14-6-11-25(12-7-14)19(26)18-22-17(23-29-18)15-5-8-21-16(13-15)24-9-3-4-10-24/h5,8,13-14H,2-4,6-7,9-12H2,1H3. The molecule has 154 valence electrons. The molecule has 2 aromatic heterocycles. The molecule has 9 nitrogen and oxygen atoms in total. The highest BCUT2D eigenvalue weighted by molar-refractivity contribution is 5.90. The Balaban J connectivity index is 1.41. The van der Waals surface area contributed by atoms with E-state index in [9.17, 15) is 9.59 Å². The van der Waals surface area contributed by atoms with E-state index >= 15 is 0 Å². The summed E-state index contributed by atoms with van der Waals surface area (Å²) in [6.07, 6.45) is 5.21. The van der Waals surface area contributed by atoms with E-state index in [1.54, 1.807) is 18.0 Å². The van der Waals surface area contributed by atoms with Gasteiger partial charge in [-0.15, -0.1) is 0 Å². The maximum Gasteiger partial charge on any atom is 0.316 e. The van der Waals surface area contributed by atoms with E-state index in [4.69, 9.17) is 9.26 Å². The number of piperidine rings is 1. The summed E-state index contributed by atoms with van der Waals surface area (Å²) < 4.78 is 10.3. The third kappa shape index (κ3) is 4.23. The summed E-state index contributed by atoms with van der Waals surface area (Å²) in [7, 11) is 0. The Morgan fingerprint density at radius 1 is 1.21 bits per heavy atom. The van der Waals surface area contributed by atoms with Gasteiger partial charge in [0.05, 0.1) is 12.5 Å². The zero-order valence-electron chi connectivity index (χ0n) is 16.5. The van der Waals surface area contributed by atoms with Gasteiger partial charge in [-0.25, -0.2) is 4.98 Å². The van der Waals surface area contributed by atoms with Crippen LogP contribution in [0.1, 0.15) is 43.3 Å². The first-order chi connectivity index (χ1) is 14.2. The number of aromatic nitrogens is 3. The molecule has 0 bridgehead atoms. The molecule has 0 atom stereocenters. The zero-order valence-corrected chi connectivity index (χ0v) is 16.5. The highest BCUT2D eigenvalue weighted by Crippen LogP contribution is 2.24. The zero-order chi connectivity index (χ0) is 20.2. The second kappa shape index (κ2) is 8.59. The van der Waals surface area contributed by atoms with Crippen molar-refractivity contribution >= 4 is 17.7 Å². The van der Waals surface area contributed by atoms with Crippen molar-refractivity contribution in [3.05, 3.63) is 24.2 Å². The topological polar surface area (TPSA) is 102 Å². The number of pyridine rings is 1. The van der Waals surface area contributed by atoms with Gasteiger partial charge < -0.3 is 19.1 Å². The van der Waals surface area contributed by atoms with Crippen LogP contribution in [0.3, 0.4) is 0 Å². The maximum atomic E-state index is 12.7. The molecule has 0 radical (unpaired) electrons. The number of nitrogens with zero attached hydrogens (tertiary/aromatic N) is 5. The number of amides is 1. The largest absolute Gasteiger partial charge is 0.466 e. The fourth-order valence-electron chi connectivity index (χ4n) is 3.82. The fraction of sp³-hybridized carbons (Fsp3) is 0.550. The van der Waals surface area contributed by atoms with Gasteiger partial charge in [-0.2, -0.15) is 4.98 Å². The minimum atomic E-state index is -0.306. The van der Waals surface area contributed by atoms with Crippen molar-refractivity contribution in [3.8, 4) is 11.4 Å². The van der Waals surface area contributed by atoms with Crippen molar-refractivity contribution in [2.75, 3.05) is 37.7 Å². The minimum absolute atomic E-state index is 0.0332. The summed E-state index contributed by atoms with van der Waals surface area (Å²) in [6, 6.07) is 3.73. The number of hydrogen-bond donors (Lipinski definition) is 0. The lowest BCUT2D eigenvalue weighted by Gasteiger charge is -2.29. The highest BCUT2D eigenvalue weighted by Gasteiger charge is 2.31. The first-order valence-electron chi connectivity index (χ1n) is 10.2. The van der Waals surface area contributed by atoms with Crippen molar-refractivity contribution in [3.63, 3.8) is 0 Å². The van der Waals surface area contributed by atoms with Crippen LogP contribution in [-0.4, -0.2) is 64.7 Å². The second-order valence-corrected chi connectivity index (χ2v) is 7.34. The molecular formula is C20H25N5O4. The number of hydrogen-bond acceptors (Lipinski definition) is 8. The molecule has 2 aromatic rings. The summed E-state index contributed by atoms with van der Waals surface area (Å²) in [6.45, 7) is 5.09. The summed E-state index contributed by atoms with van der Waals surface area (Å²) in [5.74, 6) is 0.578. The molecule has 2 aliphatic heterocycles. The predicted octanol–water partition coefficient (Wildman–Crippen LogP) is 2.15. The van der Waals surface area contributed by atoms with Crippen molar-refractivity contribution in [1.29, 1.82) is 0 Å². The molecule has 0 spiro atoms. The molecule has 2 saturated heterocycles. The average molecular weight is 399 g/mol. The number of anilines is 1. The number of carbonyl (C=O) groups excluding carboxylic acids is 2. The number of ether oxygens (including phenoxy) is 1. The van der Waals surface area contributed by atoms with Crippen LogP contribution in [0.25, 0.3) is 11.4 Å². The normalized spacial score (nSPS) is 17.6. The molecule has 0 saturated carbocycles. The van der Waals surface area contributed by atoms with Crippen molar-refractivity contribution in [2.45, 2.75) is 32.6 Å². The Labute approximate surface area is 169 Å². The quantitative estimate of drug-likeness (QED) is 0.705. The van der Waals surface area contributed by atoms with Crippen molar-refractivity contribution in [1.82, 2.24) is 20.0 Å². The van der Waals surface area contributed by atoms with Gasteiger partial charge in [-0.05, 0) is 44.7 Å². The van der Waals surface area contributed by atoms with Gasteiger partial charge in [0.25, 0.3) is 0 Å². The predicted molar refractivity (Wildman–Crippen MR) is 104 cm³/mol. The Morgan fingerprint density at radius 3 is 2.69 bits per heavy atom. The number of rotatable bonds is 5. The van der Waals surface area contributed by atoms with E-state index in [1.165, 1.54) is 12.8 Å². The van der Waals surface area contributed by atoms with Gasteiger partial charge in [-0.3, -0.25) is 9.59 Å². The van der Waals surface area contributed by atoms with Crippen molar-refractivity contribution in [2.24, 2.45) is 5.92 Å². The van der Waals surface area contributed by atoms with Crippen LogP contribution >= 0.6 is 0 Å². The van der Waals surface area contributed by atoms with Crippen LogP contribution in [0.4, 0.5) is 5.82 Å². The molecule has 0 aromatic carbocycles. The molecule has 0 unspecified atom stereocenters. The summed E-state index contributed by atoms with van der Waals surface area (Å²) in [5.41, 5.74) is 0.769. The van der Waals surface area contributed by atoms with E-state index in [-0.39, 0.29) is 23.7 Å². The van der Waals surface area contributed by atoms with Gasteiger partial charge in [0.2, 0.25) is 5.82 Å². The van der Waals surface area contributed by atoms with Crippen molar-refractivity contribution < 1.29 is 18.8 Å². The number of carbonyl (C=O) groups is 2. The molecule has 29 heavy (non-hydrogen) atoms. The van der Waals surface area contributed by atoms with Crippen LogP contribution in [-0.2, 0) is 9.53 Å². The monoisotopic (exact) mass is 399 g/mol. The molecule has 2 aliphatic rings. The number of likely N-dealkylation sites (tertiary alicyclic amines) is 1. The summed E-state index contributed by atoms with van der Waals surface area (Å²) in [4.78, 5) is 37.2. The molecular weight excluding hydrogens is 374 g/mol. The average Bonchev–Trinajstić information content (AvgIpc) is 3.46. The first kappa shape index (κ1) is 19.4. The highest BCUT2D eigenvalue weighted by atomic mass is 16.5. The van der Waals surface area contributed by atoms with E-state index < -0.39 is 0 Å². The van der Waals surface area contributed by atoms with E-state index in [1.807, 2.05) is 12.1 Å². The molecule has 0 aliphatic carbocycles. The molecule has 1 amide bonds. The van der Waals surface area contributed by atoms with Crippen LogP contribution < -0.4 is 4.90 Å². The molecule has 4 heterocycles. The summed E-state index contributed by atoms with van der Waals surface area (Å²) >= 11 is 0. The number of esters is 1. The Kier molecular flexibility index (Phi) is 5.73. The Bertz CT molecular complexity index is 869. The third-order valence-corrected chi connectivity index (χ3v) is 5.44. The Hall–Kier alpha value is -2.97. The van der Waals surface area contributed by atoms with Gasteiger partial charge in [0.1, 0.15) is 5.82 Å². The maximum absolute atomic E-state index is 12.7. The van der Waals surface area contributed by atoms with Gasteiger partial charge in [0.15, 0.2) is 0 Å². The lowest BCUT2D eigenvalue weighted by Crippen LogP contribution is -2.40. The Morgan fingerprint density at radius 2 is 1.97 bits per heavy atom. The van der Waals surface area contributed by atoms with Gasteiger partial charge >= 0.3 is 17.8 Å². The molecule has 4 rings (SSSR count). The molecule has 0 N–H and O–H groups in total. The van der Waals surface area contributed by atoms with Crippen LogP contribution in [0, 0.1) is 5.92 Å². The smallest absolute Gasteiger partial charge is 0.316 e. The van der Waals surface area contributed by atoms with Gasteiger partial charge in [-0.1, -0.05) is 5.16 Å². The van der Waals surface area contributed by atoms with E-state index in [0.717, 1.165) is 24.5 Å². The van der Waals surface area contributed by atoms with Crippen LogP contribution in [0.5, 0.6) is 0 Å². The molecule has 9 heteroatoms. The molecule has 2 fully saturated rings. The minimum Gasteiger partial charge on any atom is -0.466 e. The SMILES string of the molecule is CCOC(=O)C1CCN(C(=O)c2nc(-c3ccnc(N4CCCC4)c3)no2)CC1. The first-order valence-corrected chi connectivity index (χ1v) is 10.2. The van der Waals surface area contributed by atoms with Gasteiger partial charge in [0, 0.05) is 37.9 Å². The summed E-state index contributed by atoms with van der Waals surface area (Å²) in [5, 5.41) is 3.98. The second-order valence-electron chi connectivity index (χ2n) is 7.34. The third-order valence-electron chi connectivity index (χ3n) is 5.44. The van der Waals surface area contributed by atoms with Crippen LogP contribution in [0.15, 0.2) is 22.9 Å². The fourth-order valence-corrected chi connectivity index (χ4v) is 3.82. The van der Waals surface area contributed by atoms with E-state index in [2.05, 4.69) is 20.0 Å².